The number of hydrogen-bond acceptors (Lipinski definition) is 1. The lowest BCUT2D eigenvalue weighted by atomic mass is 9.90. The molecule has 150 valence electrons. The number of nitrogens with zero attached hydrogens (tertiary/aromatic N) is 1. The molecule has 0 amide bonds. The smallest absolute Gasteiger partial charge is 0.271 e. The van der Waals surface area contributed by atoms with E-state index in [1.54, 1.807) is 37.4 Å². The van der Waals surface area contributed by atoms with E-state index in [1.165, 1.54) is 4.57 Å². The van der Waals surface area contributed by atoms with E-state index in [1.807, 2.05) is 51.1 Å². The first-order valence-corrected chi connectivity index (χ1v) is 9.79. The predicted molar refractivity (Wildman–Crippen MR) is 118 cm³/mol. The third-order valence-electron chi connectivity index (χ3n) is 5.15. The molecule has 4 rings (SSSR count). The summed E-state index contributed by atoms with van der Waals surface area (Å²) in [5.74, 6) is -3.16. The van der Waals surface area contributed by atoms with Crippen molar-refractivity contribution in [3.8, 4) is 11.1 Å². The average molecular weight is 393 g/mol. The third kappa shape index (κ3) is 3.44. The standard InChI is InChI=1S/C23H19F2NO.C2H6/c1-14-8-6-11-16-15(14)10-7-12-17(16)20-21(23(2,24)25)18-9-4-5-13-19(18)26(3)22(20)27;1-2/h4-13H,1-3H3;1-2H3. The fourth-order valence-corrected chi connectivity index (χ4v) is 3.89. The summed E-state index contributed by atoms with van der Waals surface area (Å²) in [7, 11) is 1.63. The van der Waals surface area contributed by atoms with Crippen LogP contribution in [0.1, 0.15) is 31.9 Å². The van der Waals surface area contributed by atoms with E-state index in [2.05, 4.69) is 0 Å². The van der Waals surface area contributed by atoms with Gasteiger partial charge in [-0.2, -0.15) is 0 Å². The Labute approximate surface area is 169 Å². The fraction of sp³-hybridized carbons (Fsp3) is 0.240. The molecule has 4 heteroatoms. The van der Waals surface area contributed by atoms with Crippen molar-refractivity contribution in [2.75, 3.05) is 0 Å². The zero-order valence-electron chi connectivity index (χ0n) is 17.4. The summed E-state index contributed by atoms with van der Waals surface area (Å²) < 4.78 is 31.0. The highest BCUT2D eigenvalue weighted by molar-refractivity contribution is 6.01. The molecule has 0 unspecified atom stereocenters. The number of halogens is 2. The monoisotopic (exact) mass is 393 g/mol. The largest absolute Gasteiger partial charge is 0.311 e. The van der Waals surface area contributed by atoms with E-state index < -0.39 is 11.5 Å². The summed E-state index contributed by atoms with van der Waals surface area (Å²) in [6.45, 7) is 6.83. The molecule has 0 atom stereocenters. The number of para-hydroxylation sites is 1. The molecule has 3 aromatic carbocycles. The minimum atomic E-state index is -3.16. The number of alkyl halides is 2. The Morgan fingerprint density at radius 3 is 2.10 bits per heavy atom. The molecule has 29 heavy (non-hydrogen) atoms. The van der Waals surface area contributed by atoms with Crippen LogP contribution in [0.25, 0.3) is 32.8 Å². The topological polar surface area (TPSA) is 22.0 Å². The molecule has 0 bridgehead atoms. The van der Waals surface area contributed by atoms with Gasteiger partial charge in [0, 0.05) is 24.9 Å². The maximum absolute atomic E-state index is 14.8. The lowest BCUT2D eigenvalue weighted by molar-refractivity contribution is 0.0195. The van der Waals surface area contributed by atoms with Crippen molar-refractivity contribution in [1.29, 1.82) is 0 Å². The van der Waals surface area contributed by atoms with E-state index in [-0.39, 0.29) is 11.1 Å². The number of aromatic nitrogens is 1. The summed E-state index contributed by atoms with van der Waals surface area (Å²) in [6.07, 6.45) is 0. The number of rotatable bonds is 2. The molecule has 1 aromatic heterocycles. The summed E-state index contributed by atoms with van der Waals surface area (Å²) in [4.78, 5) is 13.2. The zero-order chi connectivity index (χ0) is 21.3. The second kappa shape index (κ2) is 7.78. The minimum absolute atomic E-state index is 0.0694. The second-order valence-electron chi connectivity index (χ2n) is 7.00. The Hall–Kier alpha value is -3.01. The van der Waals surface area contributed by atoms with Gasteiger partial charge in [-0.05, 0) is 34.9 Å². The van der Waals surface area contributed by atoms with Crippen LogP contribution in [0.5, 0.6) is 0 Å². The summed E-state index contributed by atoms with van der Waals surface area (Å²) >= 11 is 0. The van der Waals surface area contributed by atoms with Gasteiger partial charge >= 0.3 is 0 Å². The molecule has 2 nitrogen and oxygen atoms in total. The van der Waals surface area contributed by atoms with Crippen LogP contribution in [-0.2, 0) is 13.0 Å². The van der Waals surface area contributed by atoms with Crippen LogP contribution in [0, 0.1) is 6.92 Å². The Bertz CT molecular complexity index is 1250. The van der Waals surface area contributed by atoms with E-state index >= 15 is 0 Å². The molecule has 0 aliphatic heterocycles. The van der Waals surface area contributed by atoms with Crippen molar-refractivity contribution < 1.29 is 8.78 Å². The van der Waals surface area contributed by atoms with Gasteiger partial charge in [0.2, 0.25) is 0 Å². The van der Waals surface area contributed by atoms with Gasteiger partial charge in [-0.15, -0.1) is 0 Å². The SMILES string of the molecule is CC.Cc1cccc2c(-c3c(C(C)(F)F)c4ccccc4n(C)c3=O)cccc12. The van der Waals surface area contributed by atoms with Gasteiger partial charge in [0.15, 0.2) is 0 Å². The maximum atomic E-state index is 14.8. The van der Waals surface area contributed by atoms with Gasteiger partial charge in [-0.3, -0.25) is 4.79 Å². The minimum Gasteiger partial charge on any atom is -0.311 e. The molecule has 0 spiro atoms. The predicted octanol–water partition coefficient (Wildman–Crippen LogP) is 6.81. The Morgan fingerprint density at radius 1 is 0.828 bits per heavy atom. The van der Waals surface area contributed by atoms with Gasteiger partial charge in [0.1, 0.15) is 0 Å². The second-order valence-corrected chi connectivity index (χ2v) is 7.00. The van der Waals surface area contributed by atoms with Crippen molar-refractivity contribution in [3.05, 3.63) is 82.1 Å². The summed E-state index contributed by atoms with van der Waals surface area (Å²) in [6, 6.07) is 18.1. The average Bonchev–Trinajstić information content (AvgIpc) is 2.71. The van der Waals surface area contributed by atoms with Crippen molar-refractivity contribution in [2.45, 2.75) is 33.6 Å². The van der Waals surface area contributed by atoms with Crippen LogP contribution in [0.15, 0.2) is 65.5 Å². The third-order valence-corrected chi connectivity index (χ3v) is 5.15. The van der Waals surface area contributed by atoms with Crippen LogP contribution in [0.4, 0.5) is 8.78 Å². The first-order valence-electron chi connectivity index (χ1n) is 9.79. The first kappa shape index (κ1) is 20.7. The molecule has 0 aliphatic carbocycles. The van der Waals surface area contributed by atoms with E-state index in [9.17, 15) is 13.6 Å². The normalized spacial score (nSPS) is 11.4. The number of aryl methyl sites for hydroxylation is 2. The van der Waals surface area contributed by atoms with Crippen LogP contribution in [-0.4, -0.2) is 4.57 Å². The van der Waals surface area contributed by atoms with Crippen molar-refractivity contribution >= 4 is 21.7 Å². The lowest BCUT2D eigenvalue weighted by Crippen LogP contribution is -2.25. The molecular formula is C25H25F2NO. The van der Waals surface area contributed by atoms with E-state index in [4.69, 9.17) is 0 Å². The quantitative estimate of drug-likeness (QED) is 0.367. The number of pyridine rings is 1. The molecule has 0 saturated carbocycles. The van der Waals surface area contributed by atoms with Gasteiger partial charge in [-0.1, -0.05) is 68.4 Å². The van der Waals surface area contributed by atoms with E-state index in [0.29, 0.717) is 16.5 Å². The molecule has 1 heterocycles. The summed E-state index contributed by atoms with van der Waals surface area (Å²) in [5, 5.41) is 2.15. The molecule has 0 radical (unpaired) electrons. The van der Waals surface area contributed by atoms with E-state index in [0.717, 1.165) is 23.3 Å². The highest BCUT2D eigenvalue weighted by Gasteiger charge is 2.33. The van der Waals surface area contributed by atoms with Crippen LogP contribution in [0.2, 0.25) is 0 Å². The van der Waals surface area contributed by atoms with Crippen molar-refractivity contribution in [1.82, 2.24) is 4.57 Å². The molecule has 0 saturated heterocycles. The van der Waals surface area contributed by atoms with Crippen LogP contribution >= 0.6 is 0 Å². The molecular weight excluding hydrogens is 368 g/mol. The first-order chi connectivity index (χ1) is 13.8. The zero-order valence-corrected chi connectivity index (χ0v) is 17.4. The fourth-order valence-electron chi connectivity index (χ4n) is 3.89. The summed E-state index contributed by atoms with van der Waals surface area (Å²) in [5.41, 5.74) is 1.52. The Kier molecular flexibility index (Phi) is 5.56. The highest BCUT2D eigenvalue weighted by Crippen LogP contribution is 2.40. The number of hydrogen-bond donors (Lipinski definition) is 0. The number of fused-ring (bicyclic) bond motifs is 2. The molecule has 0 aliphatic rings. The van der Waals surface area contributed by atoms with Gasteiger partial charge in [-0.25, -0.2) is 8.78 Å². The lowest BCUT2D eigenvalue weighted by Gasteiger charge is -2.21. The molecule has 0 N–H and O–H groups in total. The Balaban J connectivity index is 0.00000117. The Morgan fingerprint density at radius 2 is 1.41 bits per heavy atom. The van der Waals surface area contributed by atoms with Gasteiger partial charge in [0.05, 0.1) is 11.1 Å². The van der Waals surface area contributed by atoms with Crippen LogP contribution < -0.4 is 5.56 Å². The highest BCUT2D eigenvalue weighted by atomic mass is 19.3. The maximum Gasteiger partial charge on any atom is 0.271 e. The molecule has 4 aromatic rings. The van der Waals surface area contributed by atoms with Crippen molar-refractivity contribution in [2.24, 2.45) is 7.05 Å². The van der Waals surface area contributed by atoms with Gasteiger partial charge < -0.3 is 4.57 Å². The van der Waals surface area contributed by atoms with Gasteiger partial charge in [0.25, 0.3) is 11.5 Å². The number of benzene rings is 3. The van der Waals surface area contributed by atoms with Crippen LogP contribution in [0.3, 0.4) is 0 Å². The molecule has 0 fully saturated rings. The van der Waals surface area contributed by atoms with Crippen molar-refractivity contribution in [3.63, 3.8) is 0 Å².